The molecule has 1 amide bonds. The van der Waals surface area contributed by atoms with Crippen molar-refractivity contribution in [2.75, 3.05) is 13.7 Å². The molecule has 0 bridgehead atoms. The van der Waals surface area contributed by atoms with Crippen molar-refractivity contribution >= 4 is 24.0 Å². The van der Waals surface area contributed by atoms with E-state index in [-0.39, 0.29) is 29.7 Å². The van der Waals surface area contributed by atoms with Gasteiger partial charge in [-0.05, 0) is 24.8 Å². The third-order valence-corrected chi connectivity index (χ3v) is 3.40. The molecule has 8 heteroatoms. The Balaban J connectivity index is 0.00000220. The molecule has 1 unspecified atom stereocenters. The van der Waals surface area contributed by atoms with Gasteiger partial charge in [0.25, 0.3) is 11.6 Å². The van der Waals surface area contributed by atoms with E-state index in [4.69, 9.17) is 10.5 Å². The minimum absolute atomic E-state index is 0. The molecule has 1 fully saturated rings. The number of non-ortho nitro benzene ring substituents is 1. The fraction of sp³-hybridized carbons (Fsp3) is 0.462. The zero-order chi connectivity index (χ0) is 14.7. The highest BCUT2D eigenvalue weighted by molar-refractivity contribution is 5.97. The van der Waals surface area contributed by atoms with E-state index < -0.39 is 10.8 Å². The Labute approximate surface area is 128 Å². The summed E-state index contributed by atoms with van der Waals surface area (Å²) in [6.07, 6.45) is 2.10. The summed E-state index contributed by atoms with van der Waals surface area (Å²) in [4.78, 5) is 22.5. The van der Waals surface area contributed by atoms with Crippen LogP contribution in [0.25, 0.3) is 0 Å². The first-order chi connectivity index (χ1) is 9.56. The first kappa shape index (κ1) is 17.2. The maximum atomic E-state index is 12.2. The first-order valence-electron chi connectivity index (χ1n) is 6.40. The Morgan fingerprint density at radius 1 is 1.57 bits per heavy atom. The van der Waals surface area contributed by atoms with Crippen LogP contribution in [0.5, 0.6) is 5.75 Å². The molecule has 1 aromatic rings. The molecule has 0 spiro atoms. The topological polar surface area (TPSA) is 107 Å². The standard InChI is InChI=1S/C13H17N3O4.ClH/c1-20-12-5-4-9(16(18)19)6-10(12)13(17)15-11(7-14)8-2-3-8;/h4-6,8,11H,2-3,7,14H2,1H3,(H,15,17);1H. The van der Waals surface area contributed by atoms with Crippen LogP contribution in [-0.2, 0) is 0 Å². The van der Waals surface area contributed by atoms with E-state index in [9.17, 15) is 14.9 Å². The van der Waals surface area contributed by atoms with E-state index in [2.05, 4.69) is 5.32 Å². The minimum atomic E-state index is -0.544. The molecule has 2 rings (SSSR count). The second kappa shape index (κ2) is 7.24. The molecule has 7 nitrogen and oxygen atoms in total. The summed E-state index contributed by atoms with van der Waals surface area (Å²) in [5.74, 6) is 0.321. The van der Waals surface area contributed by atoms with Crippen LogP contribution in [0.2, 0.25) is 0 Å². The molecule has 116 valence electrons. The number of hydrogen-bond acceptors (Lipinski definition) is 5. The van der Waals surface area contributed by atoms with E-state index in [0.29, 0.717) is 18.2 Å². The third kappa shape index (κ3) is 4.05. The largest absolute Gasteiger partial charge is 0.496 e. The highest BCUT2D eigenvalue weighted by Crippen LogP contribution is 2.32. The summed E-state index contributed by atoms with van der Waals surface area (Å²) in [5.41, 5.74) is 5.64. The molecule has 0 aliphatic heterocycles. The molecule has 1 atom stereocenters. The van der Waals surface area contributed by atoms with Gasteiger partial charge in [0.1, 0.15) is 5.75 Å². The summed E-state index contributed by atoms with van der Waals surface area (Å²) < 4.78 is 5.08. The van der Waals surface area contributed by atoms with Crippen molar-refractivity contribution in [1.29, 1.82) is 0 Å². The smallest absolute Gasteiger partial charge is 0.270 e. The van der Waals surface area contributed by atoms with Crippen LogP contribution in [0, 0.1) is 16.0 Å². The first-order valence-corrected chi connectivity index (χ1v) is 6.40. The zero-order valence-electron chi connectivity index (χ0n) is 11.6. The van der Waals surface area contributed by atoms with Crippen molar-refractivity contribution in [3.8, 4) is 5.75 Å². The van der Waals surface area contributed by atoms with Crippen LogP contribution in [-0.4, -0.2) is 30.5 Å². The molecular formula is C13H18ClN3O4. The molecule has 1 aliphatic carbocycles. The number of nitrogens with two attached hydrogens (primary N) is 1. The van der Waals surface area contributed by atoms with Crippen molar-refractivity contribution in [1.82, 2.24) is 5.32 Å². The van der Waals surface area contributed by atoms with Crippen molar-refractivity contribution in [2.45, 2.75) is 18.9 Å². The number of hydrogen-bond donors (Lipinski definition) is 2. The van der Waals surface area contributed by atoms with Gasteiger partial charge in [0.2, 0.25) is 0 Å². The fourth-order valence-corrected chi connectivity index (χ4v) is 2.10. The molecule has 0 saturated heterocycles. The number of nitrogens with one attached hydrogen (secondary N) is 1. The molecule has 1 aliphatic rings. The van der Waals surface area contributed by atoms with Gasteiger partial charge in [-0.3, -0.25) is 14.9 Å². The molecule has 0 aromatic heterocycles. The number of halogens is 1. The average molecular weight is 316 g/mol. The zero-order valence-corrected chi connectivity index (χ0v) is 12.4. The van der Waals surface area contributed by atoms with Crippen LogP contribution in [0.15, 0.2) is 18.2 Å². The predicted molar refractivity (Wildman–Crippen MR) is 79.9 cm³/mol. The molecule has 0 heterocycles. The Morgan fingerprint density at radius 3 is 2.71 bits per heavy atom. The number of benzene rings is 1. The number of carbonyl (C=O) groups excluding carboxylic acids is 1. The Bertz CT molecular complexity index is 534. The number of carbonyl (C=O) groups is 1. The second-order valence-corrected chi connectivity index (χ2v) is 4.79. The number of nitro benzene ring substituents is 1. The van der Waals surface area contributed by atoms with Gasteiger partial charge in [-0.15, -0.1) is 12.4 Å². The van der Waals surface area contributed by atoms with Gasteiger partial charge in [0.05, 0.1) is 17.6 Å². The number of methoxy groups -OCH3 is 1. The lowest BCUT2D eigenvalue weighted by molar-refractivity contribution is -0.384. The number of ether oxygens (including phenoxy) is 1. The molecule has 1 aromatic carbocycles. The van der Waals surface area contributed by atoms with Crippen molar-refractivity contribution in [3.63, 3.8) is 0 Å². The maximum Gasteiger partial charge on any atom is 0.270 e. The van der Waals surface area contributed by atoms with E-state index in [0.717, 1.165) is 12.8 Å². The van der Waals surface area contributed by atoms with Crippen LogP contribution >= 0.6 is 12.4 Å². The summed E-state index contributed by atoms with van der Waals surface area (Å²) in [5, 5.41) is 13.6. The SMILES string of the molecule is COc1ccc([N+](=O)[O-])cc1C(=O)NC(CN)C1CC1.Cl. The Hall–Kier alpha value is -1.86. The highest BCUT2D eigenvalue weighted by atomic mass is 35.5. The van der Waals surface area contributed by atoms with Gasteiger partial charge in [-0.25, -0.2) is 0 Å². The second-order valence-electron chi connectivity index (χ2n) is 4.79. The Morgan fingerprint density at radius 2 is 2.24 bits per heavy atom. The molecule has 1 saturated carbocycles. The van der Waals surface area contributed by atoms with Gasteiger partial charge in [-0.1, -0.05) is 0 Å². The molecule has 21 heavy (non-hydrogen) atoms. The fourth-order valence-electron chi connectivity index (χ4n) is 2.10. The van der Waals surface area contributed by atoms with Crippen LogP contribution < -0.4 is 15.8 Å². The number of nitro groups is 1. The third-order valence-electron chi connectivity index (χ3n) is 3.40. The number of nitrogens with zero attached hydrogens (tertiary/aromatic N) is 1. The minimum Gasteiger partial charge on any atom is -0.496 e. The van der Waals surface area contributed by atoms with Gasteiger partial charge >= 0.3 is 0 Å². The predicted octanol–water partition coefficient (Wildman–Crippen LogP) is 1.49. The summed E-state index contributed by atoms with van der Waals surface area (Å²) >= 11 is 0. The van der Waals surface area contributed by atoms with Crippen LogP contribution in [0.4, 0.5) is 5.69 Å². The maximum absolute atomic E-state index is 12.2. The normalized spacial score (nSPS) is 14.8. The molecule has 0 radical (unpaired) electrons. The summed E-state index contributed by atoms with van der Waals surface area (Å²) in [6, 6.07) is 3.85. The lowest BCUT2D eigenvalue weighted by Crippen LogP contribution is -2.41. The number of amides is 1. The van der Waals surface area contributed by atoms with Gasteiger partial charge in [0.15, 0.2) is 0 Å². The lowest BCUT2D eigenvalue weighted by Gasteiger charge is -2.17. The highest BCUT2D eigenvalue weighted by Gasteiger charge is 2.32. The monoisotopic (exact) mass is 315 g/mol. The van der Waals surface area contributed by atoms with E-state index in [1.165, 1.54) is 25.3 Å². The Kier molecular flexibility index (Phi) is 5.92. The van der Waals surface area contributed by atoms with E-state index >= 15 is 0 Å². The van der Waals surface area contributed by atoms with E-state index in [1.54, 1.807) is 0 Å². The van der Waals surface area contributed by atoms with Crippen molar-refractivity contribution in [3.05, 3.63) is 33.9 Å². The average Bonchev–Trinajstić information content (AvgIpc) is 3.28. The van der Waals surface area contributed by atoms with Gasteiger partial charge in [-0.2, -0.15) is 0 Å². The quantitative estimate of drug-likeness (QED) is 0.611. The van der Waals surface area contributed by atoms with E-state index in [1.807, 2.05) is 0 Å². The molecule has 3 N–H and O–H groups in total. The number of rotatable bonds is 6. The van der Waals surface area contributed by atoms with Gasteiger partial charge in [0, 0.05) is 24.7 Å². The summed E-state index contributed by atoms with van der Waals surface area (Å²) in [7, 11) is 1.42. The van der Waals surface area contributed by atoms with Crippen molar-refractivity contribution < 1.29 is 14.5 Å². The van der Waals surface area contributed by atoms with Crippen molar-refractivity contribution in [2.24, 2.45) is 11.7 Å². The van der Waals surface area contributed by atoms with Gasteiger partial charge < -0.3 is 15.8 Å². The summed E-state index contributed by atoms with van der Waals surface area (Å²) in [6.45, 7) is 0.355. The van der Waals surface area contributed by atoms with Crippen LogP contribution in [0.1, 0.15) is 23.2 Å². The van der Waals surface area contributed by atoms with Crippen LogP contribution in [0.3, 0.4) is 0 Å². The molecular weight excluding hydrogens is 298 g/mol. The lowest BCUT2D eigenvalue weighted by atomic mass is 10.1.